The number of rotatable bonds is 7. The fourth-order valence-corrected chi connectivity index (χ4v) is 4.00. The number of hydrogen-bond acceptors (Lipinski definition) is 4. The number of ether oxygens (including phenoxy) is 1. The second-order valence-electron chi connectivity index (χ2n) is 5.67. The van der Waals surface area contributed by atoms with Crippen molar-refractivity contribution in [3.63, 3.8) is 0 Å². The molecule has 1 saturated heterocycles. The average Bonchev–Trinajstić information content (AvgIpc) is 2.60. The molecule has 0 aliphatic carbocycles. The largest absolute Gasteiger partial charge is 0.490 e. The van der Waals surface area contributed by atoms with Gasteiger partial charge in [0.05, 0.1) is 23.2 Å². The van der Waals surface area contributed by atoms with E-state index in [1.165, 1.54) is 4.31 Å². The van der Waals surface area contributed by atoms with Gasteiger partial charge < -0.3 is 10.1 Å². The lowest BCUT2D eigenvalue weighted by molar-refractivity contribution is -0.126. The molecule has 0 radical (unpaired) electrons. The predicted octanol–water partition coefficient (Wildman–Crippen LogP) is 1.90. The zero-order chi connectivity index (χ0) is 17.6. The van der Waals surface area contributed by atoms with Crippen molar-refractivity contribution in [1.82, 2.24) is 9.62 Å². The quantitative estimate of drug-likeness (QED) is 0.739. The first-order valence-corrected chi connectivity index (χ1v) is 10.1. The predicted molar refractivity (Wildman–Crippen MR) is 93.7 cm³/mol. The molecule has 0 aromatic heterocycles. The van der Waals surface area contributed by atoms with Gasteiger partial charge in [-0.05, 0) is 31.9 Å². The molecule has 1 aliphatic rings. The molecule has 1 amide bonds. The molecule has 1 aromatic carbocycles. The number of piperidine rings is 1. The number of hydrogen-bond donors (Lipinski definition) is 1. The highest BCUT2D eigenvalue weighted by Gasteiger charge is 2.31. The molecule has 0 unspecified atom stereocenters. The number of nitrogens with zero attached hydrogens (tertiary/aromatic N) is 1. The van der Waals surface area contributed by atoms with E-state index in [0.717, 1.165) is 0 Å². The molecule has 24 heavy (non-hydrogen) atoms. The minimum Gasteiger partial charge on any atom is -0.490 e. The molecule has 8 heteroatoms. The number of halogens is 1. The van der Waals surface area contributed by atoms with E-state index < -0.39 is 10.0 Å². The van der Waals surface area contributed by atoms with Crippen molar-refractivity contribution in [3.8, 4) is 5.75 Å². The zero-order valence-electron chi connectivity index (χ0n) is 13.7. The average molecular weight is 375 g/mol. The van der Waals surface area contributed by atoms with Gasteiger partial charge in [-0.1, -0.05) is 23.7 Å². The van der Waals surface area contributed by atoms with Crippen molar-refractivity contribution in [1.29, 1.82) is 0 Å². The highest BCUT2D eigenvalue weighted by molar-refractivity contribution is 7.89. The topological polar surface area (TPSA) is 75.7 Å². The number of sulfonamides is 1. The third kappa shape index (κ3) is 5.09. The van der Waals surface area contributed by atoms with Crippen LogP contribution in [-0.2, 0) is 14.8 Å². The Kier molecular flexibility index (Phi) is 6.89. The monoisotopic (exact) mass is 374 g/mol. The van der Waals surface area contributed by atoms with Crippen molar-refractivity contribution in [2.24, 2.45) is 5.92 Å². The van der Waals surface area contributed by atoms with E-state index >= 15 is 0 Å². The highest BCUT2D eigenvalue weighted by Crippen LogP contribution is 2.23. The molecule has 1 aliphatic heterocycles. The van der Waals surface area contributed by atoms with Gasteiger partial charge >= 0.3 is 0 Å². The lowest BCUT2D eigenvalue weighted by Gasteiger charge is -2.30. The second-order valence-corrected chi connectivity index (χ2v) is 8.33. The van der Waals surface area contributed by atoms with Crippen LogP contribution < -0.4 is 10.1 Å². The summed E-state index contributed by atoms with van der Waals surface area (Å²) in [7, 11) is -3.24. The summed E-state index contributed by atoms with van der Waals surface area (Å²) in [6.07, 6.45) is 1.40. The van der Waals surface area contributed by atoms with Gasteiger partial charge in [0.1, 0.15) is 12.4 Å². The first-order valence-electron chi connectivity index (χ1n) is 8.07. The van der Waals surface area contributed by atoms with E-state index in [-0.39, 0.29) is 24.1 Å². The number of nitrogens with one attached hydrogen (secondary N) is 1. The van der Waals surface area contributed by atoms with Crippen LogP contribution in [0.15, 0.2) is 24.3 Å². The minimum absolute atomic E-state index is 0.0625. The lowest BCUT2D eigenvalue weighted by atomic mass is 9.99. The molecule has 1 fully saturated rings. The van der Waals surface area contributed by atoms with Crippen molar-refractivity contribution < 1.29 is 17.9 Å². The van der Waals surface area contributed by atoms with Crippen LogP contribution >= 0.6 is 11.6 Å². The Morgan fingerprint density at radius 1 is 1.42 bits per heavy atom. The van der Waals surface area contributed by atoms with Crippen LogP contribution in [-0.4, -0.2) is 50.6 Å². The molecule has 1 aromatic rings. The SMILES string of the molecule is CCS(=O)(=O)N1CCC[C@@H](C(=O)NCCOc2ccccc2Cl)C1. The Morgan fingerprint density at radius 2 is 2.17 bits per heavy atom. The fourth-order valence-electron chi connectivity index (χ4n) is 2.63. The number of para-hydroxylation sites is 1. The summed E-state index contributed by atoms with van der Waals surface area (Å²) in [5.41, 5.74) is 0. The first kappa shape index (κ1) is 19.0. The molecule has 0 bridgehead atoms. The van der Waals surface area contributed by atoms with Gasteiger partial charge in [-0.25, -0.2) is 12.7 Å². The van der Waals surface area contributed by atoms with Crippen LogP contribution in [0.2, 0.25) is 5.02 Å². The molecule has 134 valence electrons. The fraction of sp³-hybridized carbons (Fsp3) is 0.562. The molecule has 6 nitrogen and oxygen atoms in total. The van der Waals surface area contributed by atoms with E-state index in [2.05, 4.69) is 5.32 Å². The van der Waals surface area contributed by atoms with Gasteiger partial charge in [0.25, 0.3) is 0 Å². The van der Waals surface area contributed by atoms with E-state index in [1.54, 1.807) is 19.1 Å². The van der Waals surface area contributed by atoms with E-state index in [0.29, 0.717) is 43.3 Å². The Morgan fingerprint density at radius 3 is 2.88 bits per heavy atom. The first-order chi connectivity index (χ1) is 11.4. The summed E-state index contributed by atoms with van der Waals surface area (Å²) in [5.74, 6) is 0.202. The number of carbonyl (C=O) groups is 1. The van der Waals surface area contributed by atoms with Crippen molar-refractivity contribution in [2.45, 2.75) is 19.8 Å². The highest BCUT2D eigenvalue weighted by atomic mass is 35.5. The summed E-state index contributed by atoms with van der Waals surface area (Å²) < 4.78 is 30.8. The summed E-state index contributed by atoms with van der Waals surface area (Å²) in [6, 6.07) is 7.14. The van der Waals surface area contributed by atoms with Gasteiger partial charge in [0.2, 0.25) is 15.9 Å². The maximum Gasteiger partial charge on any atom is 0.224 e. The van der Waals surface area contributed by atoms with Crippen LogP contribution in [0.25, 0.3) is 0 Å². The van der Waals surface area contributed by atoms with Crippen LogP contribution in [0, 0.1) is 5.92 Å². The summed E-state index contributed by atoms with van der Waals surface area (Å²) in [4.78, 5) is 12.2. The van der Waals surface area contributed by atoms with Crippen molar-refractivity contribution in [3.05, 3.63) is 29.3 Å². The molecule has 0 spiro atoms. The second kappa shape index (κ2) is 8.69. The minimum atomic E-state index is -3.24. The molecule has 0 saturated carbocycles. The normalized spacial score (nSPS) is 19.0. The molecule has 1 N–H and O–H groups in total. The van der Waals surface area contributed by atoms with Crippen LogP contribution in [0.3, 0.4) is 0 Å². The molecular weight excluding hydrogens is 352 g/mol. The van der Waals surface area contributed by atoms with E-state index in [1.807, 2.05) is 12.1 Å². The van der Waals surface area contributed by atoms with Gasteiger partial charge in [0.15, 0.2) is 0 Å². The smallest absolute Gasteiger partial charge is 0.224 e. The standard InChI is InChI=1S/C16H23ClN2O4S/c1-2-24(21,22)19-10-5-6-13(12-19)16(20)18-9-11-23-15-8-4-3-7-14(15)17/h3-4,7-8,13H,2,5-6,9-12H2,1H3,(H,18,20)/t13-/m1/s1. The van der Waals surface area contributed by atoms with Crippen molar-refractivity contribution in [2.75, 3.05) is 32.0 Å². The van der Waals surface area contributed by atoms with Gasteiger partial charge in [-0.3, -0.25) is 4.79 Å². The molecular formula is C16H23ClN2O4S. The van der Waals surface area contributed by atoms with E-state index in [4.69, 9.17) is 16.3 Å². The van der Waals surface area contributed by atoms with Crippen LogP contribution in [0.4, 0.5) is 0 Å². The Balaban J connectivity index is 1.77. The van der Waals surface area contributed by atoms with Crippen molar-refractivity contribution >= 4 is 27.5 Å². The van der Waals surface area contributed by atoms with Crippen LogP contribution in [0.5, 0.6) is 5.75 Å². The Labute approximate surface area is 148 Å². The van der Waals surface area contributed by atoms with Gasteiger partial charge in [-0.15, -0.1) is 0 Å². The maximum atomic E-state index is 12.2. The number of carbonyl (C=O) groups excluding carboxylic acids is 1. The molecule has 1 heterocycles. The summed E-state index contributed by atoms with van der Waals surface area (Å²) in [6.45, 7) is 3.02. The molecule has 2 rings (SSSR count). The third-order valence-corrected chi connectivity index (χ3v) is 6.17. The number of benzene rings is 1. The maximum absolute atomic E-state index is 12.2. The van der Waals surface area contributed by atoms with Crippen LogP contribution in [0.1, 0.15) is 19.8 Å². The van der Waals surface area contributed by atoms with Gasteiger partial charge in [0, 0.05) is 13.1 Å². The zero-order valence-corrected chi connectivity index (χ0v) is 15.3. The Hall–Kier alpha value is -1.31. The Bertz CT molecular complexity index is 666. The molecule has 1 atom stereocenters. The van der Waals surface area contributed by atoms with E-state index in [9.17, 15) is 13.2 Å². The summed E-state index contributed by atoms with van der Waals surface area (Å²) >= 11 is 5.99. The van der Waals surface area contributed by atoms with Gasteiger partial charge in [-0.2, -0.15) is 0 Å². The summed E-state index contributed by atoms with van der Waals surface area (Å²) in [5, 5.41) is 3.33. The third-order valence-electron chi connectivity index (χ3n) is 4.01. The lowest BCUT2D eigenvalue weighted by Crippen LogP contribution is -2.46. The number of amides is 1.